The molecule has 2 rings (SSSR count). The molecule has 0 aromatic heterocycles. The molecule has 1 unspecified atom stereocenters. The van der Waals surface area contributed by atoms with Crippen molar-refractivity contribution in [2.45, 2.75) is 57.5 Å². The summed E-state index contributed by atoms with van der Waals surface area (Å²) in [5.74, 6) is 1.36. The van der Waals surface area contributed by atoms with Gasteiger partial charge >= 0.3 is 5.97 Å². The van der Waals surface area contributed by atoms with Crippen LogP contribution in [0.15, 0.2) is 11.8 Å². The normalized spacial score (nSPS) is 26.3. The molecule has 1 fully saturated rings. The summed E-state index contributed by atoms with van der Waals surface area (Å²) in [6.45, 7) is 0. The lowest BCUT2D eigenvalue weighted by Crippen LogP contribution is -2.24. The SMILES string of the molecule is COC1=CC(=O)OC(CCC2CCCCC2)C1. The molecule has 0 saturated heterocycles. The molecule has 96 valence electrons. The van der Waals surface area contributed by atoms with Crippen LogP contribution in [0.2, 0.25) is 0 Å². The zero-order chi connectivity index (χ0) is 12.1. The lowest BCUT2D eigenvalue weighted by Gasteiger charge is -2.26. The summed E-state index contributed by atoms with van der Waals surface area (Å²) >= 11 is 0. The molecule has 0 radical (unpaired) electrons. The molecule has 3 nitrogen and oxygen atoms in total. The molecule has 1 aliphatic carbocycles. The first-order chi connectivity index (χ1) is 8.28. The van der Waals surface area contributed by atoms with Gasteiger partial charge in [-0.1, -0.05) is 32.1 Å². The second-order valence-corrected chi connectivity index (χ2v) is 5.16. The van der Waals surface area contributed by atoms with Crippen LogP contribution in [0.4, 0.5) is 0 Å². The highest BCUT2D eigenvalue weighted by molar-refractivity contribution is 5.83. The second-order valence-electron chi connectivity index (χ2n) is 5.16. The van der Waals surface area contributed by atoms with E-state index in [0.717, 1.165) is 24.5 Å². The maximum absolute atomic E-state index is 11.3. The van der Waals surface area contributed by atoms with E-state index in [4.69, 9.17) is 9.47 Å². The van der Waals surface area contributed by atoms with Crippen molar-refractivity contribution in [2.24, 2.45) is 5.92 Å². The first-order valence-corrected chi connectivity index (χ1v) is 6.73. The molecule has 1 heterocycles. The van der Waals surface area contributed by atoms with E-state index in [9.17, 15) is 4.79 Å². The van der Waals surface area contributed by atoms with E-state index in [2.05, 4.69) is 0 Å². The molecule has 1 atom stereocenters. The molecule has 0 spiro atoms. The summed E-state index contributed by atoms with van der Waals surface area (Å²) in [6, 6.07) is 0. The molecule has 17 heavy (non-hydrogen) atoms. The third-order valence-corrected chi connectivity index (χ3v) is 3.87. The lowest BCUT2D eigenvalue weighted by molar-refractivity contribution is -0.145. The van der Waals surface area contributed by atoms with Crippen molar-refractivity contribution < 1.29 is 14.3 Å². The molecule has 1 aliphatic heterocycles. The molecule has 1 saturated carbocycles. The van der Waals surface area contributed by atoms with Crippen LogP contribution in [0.5, 0.6) is 0 Å². The maximum Gasteiger partial charge on any atom is 0.334 e. The van der Waals surface area contributed by atoms with Gasteiger partial charge in [0.05, 0.1) is 13.2 Å². The van der Waals surface area contributed by atoms with Crippen LogP contribution in [-0.4, -0.2) is 19.2 Å². The van der Waals surface area contributed by atoms with Crippen molar-refractivity contribution in [2.75, 3.05) is 7.11 Å². The van der Waals surface area contributed by atoms with Gasteiger partial charge in [-0.25, -0.2) is 4.79 Å². The van der Waals surface area contributed by atoms with Gasteiger partial charge in [0.15, 0.2) is 0 Å². The summed E-state index contributed by atoms with van der Waals surface area (Å²) in [7, 11) is 1.61. The Hall–Kier alpha value is -0.990. The Kier molecular flexibility index (Phi) is 4.46. The topological polar surface area (TPSA) is 35.5 Å². The fraction of sp³-hybridized carbons (Fsp3) is 0.786. The fourth-order valence-corrected chi connectivity index (χ4v) is 2.86. The van der Waals surface area contributed by atoms with E-state index in [1.165, 1.54) is 44.6 Å². The maximum atomic E-state index is 11.3. The van der Waals surface area contributed by atoms with Crippen molar-refractivity contribution in [3.05, 3.63) is 11.8 Å². The number of carbonyl (C=O) groups is 1. The van der Waals surface area contributed by atoms with Crippen LogP contribution in [-0.2, 0) is 14.3 Å². The van der Waals surface area contributed by atoms with Gasteiger partial charge in [-0.05, 0) is 18.8 Å². The van der Waals surface area contributed by atoms with Crippen LogP contribution in [0.3, 0.4) is 0 Å². The average molecular weight is 238 g/mol. The molecule has 0 aromatic rings. The number of cyclic esters (lactones) is 1. The predicted molar refractivity (Wildman–Crippen MR) is 65.4 cm³/mol. The summed E-state index contributed by atoms with van der Waals surface area (Å²) < 4.78 is 10.5. The van der Waals surface area contributed by atoms with Crippen LogP contribution in [0.25, 0.3) is 0 Å². The van der Waals surface area contributed by atoms with Crippen LogP contribution < -0.4 is 0 Å². The number of carbonyl (C=O) groups excluding carboxylic acids is 1. The Morgan fingerprint density at radius 3 is 2.76 bits per heavy atom. The molecular weight excluding hydrogens is 216 g/mol. The van der Waals surface area contributed by atoms with Crippen molar-refractivity contribution in [1.29, 1.82) is 0 Å². The van der Waals surface area contributed by atoms with Gasteiger partial charge in [-0.15, -0.1) is 0 Å². The standard InChI is InChI=1S/C14H22O3/c1-16-13-9-12(17-14(15)10-13)8-7-11-5-3-2-4-6-11/h10-12H,2-9H2,1H3. The smallest absolute Gasteiger partial charge is 0.334 e. The van der Waals surface area contributed by atoms with Gasteiger partial charge < -0.3 is 9.47 Å². The summed E-state index contributed by atoms with van der Waals surface area (Å²) in [6.07, 6.45) is 11.3. The van der Waals surface area contributed by atoms with Crippen molar-refractivity contribution in [3.63, 3.8) is 0 Å². The van der Waals surface area contributed by atoms with Crippen molar-refractivity contribution in [3.8, 4) is 0 Å². The van der Waals surface area contributed by atoms with Crippen LogP contribution >= 0.6 is 0 Å². The van der Waals surface area contributed by atoms with E-state index in [1.807, 2.05) is 0 Å². The van der Waals surface area contributed by atoms with Gasteiger partial charge in [0.1, 0.15) is 11.9 Å². The quantitative estimate of drug-likeness (QED) is 0.706. The number of hydrogen-bond acceptors (Lipinski definition) is 3. The van der Waals surface area contributed by atoms with Crippen molar-refractivity contribution in [1.82, 2.24) is 0 Å². The van der Waals surface area contributed by atoms with E-state index in [0.29, 0.717) is 0 Å². The number of hydrogen-bond donors (Lipinski definition) is 0. The van der Waals surface area contributed by atoms with E-state index in [-0.39, 0.29) is 12.1 Å². The zero-order valence-corrected chi connectivity index (χ0v) is 10.6. The Bertz CT molecular complexity index is 290. The van der Waals surface area contributed by atoms with Crippen molar-refractivity contribution >= 4 is 5.97 Å². The summed E-state index contributed by atoms with van der Waals surface area (Å²) in [4.78, 5) is 11.3. The summed E-state index contributed by atoms with van der Waals surface area (Å²) in [5.41, 5.74) is 0. The third-order valence-electron chi connectivity index (χ3n) is 3.87. The van der Waals surface area contributed by atoms with Gasteiger partial charge in [0.25, 0.3) is 0 Å². The Labute approximate surface area is 103 Å². The highest BCUT2D eigenvalue weighted by Gasteiger charge is 2.23. The average Bonchev–Trinajstić information content (AvgIpc) is 2.37. The van der Waals surface area contributed by atoms with Gasteiger partial charge in [0, 0.05) is 6.42 Å². The molecular formula is C14H22O3. The molecule has 2 aliphatic rings. The van der Waals surface area contributed by atoms with Gasteiger partial charge in [-0.3, -0.25) is 0 Å². The monoisotopic (exact) mass is 238 g/mol. The molecule has 3 heteroatoms. The first-order valence-electron chi connectivity index (χ1n) is 6.73. The minimum atomic E-state index is -0.248. The Morgan fingerprint density at radius 2 is 2.06 bits per heavy atom. The molecule has 0 amide bonds. The largest absolute Gasteiger partial charge is 0.501 e. The number of methoxy groups -OCH3 is 1. The number of esters is 1. The lowest BCUT2D eigenvalue weighted by atomic mass is 9.85. The van der Waals surface area contributed by atoms with E-state index >= 15 is 0 Å². The van der Waals surface area contributed by atoms with Crippen LogP contribution in [0, 0.1) is 5.92 Å². The van der Waals surface area contributed by atoms with E-state index in [1.54, 1.807) is 7.11 Å². The Morgan fingerprint density at radius 1 is 1.29 bits per heavy atom. The van der Waals surface area contributed by atoms with Gasteiger partial charge in [-0.2, -0.15) is 0 Å². The highest BCUT2D eigenvalue weighted by Crippen LogP contribution is 2.29. The minimum Gasteiger partial charge on any atom is -0.501 e. The molecule has 0 bridgehead atoms. The third kappa shape index (κ3) is 3.76. The second kappa shape index (κ2) is 6.08. The molecule has 0 N–H and O–H groups in total. The number of rotatable bonds is 4. The van der Waals surface area contributed by atoms with E-state index < -0.39 is 0 Å². The Balaban J connectivity index is 1.75. The first kappa shape index (κ1) is 12.5. The van der Waals surface area contributed by atoms with Gasteiger partial charge in [0.2, 0.25) is 0 Å². The predicted octanol–water partition coefficient (Wildman–Crippen LogP) is 3.19. The minimum absolute atomic E-state index is 0.0318. The zero-order valence-electron chi connectivity index (χ0n) is 10.6. The van der Waals surface area contributed by atoms with Crippen LogP contribution in [0.1, 0.15) is 51.4 Å². The number of ether oxygens (including phenoxy) is 2. The fourth-order valence-electron chi connectivity index (χ4n) is 2.86. The summed E-state index contributed by atoms with van der Waals surface area (Å²) in [5, 5.41) is 0. The molecule has 0 aromatic carbocycles. The highest BCUT2D eigenvalue weighted by atomic mass is 16.5.